The molecule has 0 fully saturated rings. The molecule has 0 aromatic heterocycles. The molecular formula is C25H30O. The molecule has 0 amide bonds. The molecule has 2 aromatic carbocycles. The minimum absolute atomic E-state index is 0.796. The fourth-order valence-electron chi connectivity index (χ4n) is 2.70. The highest BCUT2D eigenvalue weighted by Crippen LogP contribution is 2.13. The minimum Gasteiger partial charge on any atom is -0.494 e. The molecule has 0 heterocycles. The summed E-state index contributed by atoms with van der Waals surface area (Å²) in [6, 6.07) is 16.6. The molecule has 0 spiro atoms. The Morgan fingerprint density at radius 3 is 2.12 bits per heavy atom. The Bertz CT molecular complexity index is 699. The molecule has 0 N–H and O–H groups in total. The van der Waals surface area contributed by atoms with Gasteiger partial charge < -0.3 is 4.74 Å². The van der Waals surface area contributed by atoms with Crippen LogP contribution in [0.5, 0.6) is 5.75 Å². The molecule has 0 aliphatic heterocycles. The largest absolute Gasteiger partial charge is 0.494 e. The van der Waals surface area contributed by atoms with Crippen molar-refractivity contribution in [1.29, 1.82) is 0 Å². The average Bonchev–Trinajstić information content (AvgIpc) is 2.68. The highest BCUT2D eigenvalue weighted by atomic mass is 16.5. The number of aryl methyl sites for hydroxylation is 1. The second-order valence-electron chi connectivity index (χ2n) is 6.56. The van der Waals surface area contributed by atoms with Crippen LogP contribution in [0, 0.1) is 11.8 Å². The van der Waals surface area contributed by atoms with Gasteiger partial charge in [0.2, 0.25) is 0 Å². The van der Waals surface area contributed by atoms with Crippen molar-refractivity contribution in [3.63, 3.8) is 0 Å². The van der Waals surface area contributed by atoms with Crippen LogP contribution in [0.4, 0.5) is 0 Å². The average molecular weight is 347 g/mol. The van der Waals surface area contributed by atoms with Gasteiger partial charge in [-0.15, -0.1) is 6.58 Å². The van der Waals surface area contributed by atoms with E-state index in [1.165, 1.54) is 24.8 Å². The van der Waals surface area contributed by atoms with E-state index in [4.69, 9.17) is 4.74 Å². The maximum absolute atomic E-state index is 5.77. The van der Waals surface area contributed by atoms with Crippen molar-refractivity contribution in [2.45, 2.75) is 51.9 Å². The van der Waals surface area contributed by atoms with Gasteiger partial charge in [-0.05, 0) is 67.6 Å². The van der Waals surface area contributed by atoms with Crippen LogP contribution in [0.2, 0.25) is 0 Å². The zero-order valence-electron chi connectivity index (χ0n) is 16.0. The summed E-state index contributed by atoms with van der Waals surface area (Å²) < 4.78 is 5.77. The van der Waals surface area contributed by atoms with Gasteiger partial charge in [0.15, 0.2) is 0 Å². The van der Waals surface area contributed by atoms with Crippen molar-refractivity contribution in [3.05, 3.63) is 77.9 Å². The van der Waals surface area contributed by atoms with Crippen LogP contribution in [0.1, 0.15) is 62.1 Å². The first-order valence-electron chi connectivity index (χ1n) is 9.76. The summed E-state index contributed by atoms with van der Waals surface area (Å²) in [4.78, 5) is 0. The molecule has 1 heteroatoms. The molecule has 0 atom stereocenters. The van der Waals surface area contributed by atoms with Crippen LogP contribution in [0.15, 0.2) is 61.2 Å². The van der Waals surface area contributed by atoms with Crippen LogP contribution in [0.3, 0.4) is 0 Å². The van der Waals surface area contributed by atoms with E-state index in [1.807, 2.05) is 30.3 Å². The minimum atomic E-state index is 0.796. The Balaban J connectivity index is 1.82. The predicted octanol–water partition coefficient (Wildman–Crippen LogP) is 6.55. The Morgan fingerprint density at radius 2 is 1.50 bits per heavy atom. The van der Waals surface area contributed by atoms with Gasteiger partial charge >= 0.3 is 0 Å². The van der Waals surface area contributed by atoms with Crippen LogP contribution in [0.25, 0.3) is 0 Å². The second-order valence-corrected chi connectivity index (χ2v) is 6.56. The molecule has 0 radical (unpaired) electrons. The molecule has 0 aliphatic rings. The van der Waals surface area contributed by atoms with Gasteiger partial charge in [-0.25, -0.2) is 0 Å². The van der Waals surface area contributed by atoms with E-state index in [0.717, 1.165) is 49.2 Å². The van der Waals surface area contributed by atoms with Crippen LogP contribution >= 0.6 is 0 Å². The van der Waals surface area contributed by atoms with Crippen molar-refractivity contribution < 1.29 is 4.74 Å². The second kappa shape index (κ2) is 12.0. The third kappa shape index (κ3) is 7.62. The topological polar surface area (TPSA) is 9.23 Å². The monoisotopic (exact) mass is 346 g/mol. The summed E-state index contributed by atoms with van der Waals surface area (Å²) in [5, 5.41) is 0. The molecule has 136 valence electrons. The molecule has 0 bridgehead atoms. The molecule has 26 heavy (non-hydrogen) atoms. The van der Waals surface area contributed by atoms with Gasteiger partial charge in [0.25, 0.3) is 0 Å². The van der Waals surface area contributed by atoms with Gasteiger partial charge in [0.05, 0.1) is 6.61 Å². The van der Waals surface area contributed by atoms with Crippen molar-refractivity contribution in [1.82, 2.24) is 0 Å². The Labute approximate surface area is 159 Å². The lowest BCUT2D eigenvalue weighted by molar-refractivity contribution is 0.305. The van der Waals surface area contributed by atoms with E-state index < -0.39 is 0 Å². The lowest BCUT2D eigenvalue weighted by Gasteiger charge is -2.05. The van der Waals surface area contributed by atoms with Gasteiger partial charge in [-0.2, -0.15) is 0 Å². The summed E-state index contributed by atoms with van der Waals surface area (Å²) in [6.45, 7) is 6.78. The Kier molecular flexibility index (Phi) is 9.15. The lowest BCUT2D eigenvalue weighted by atomic mass is 10.1. The SMILES string of the molecule is C=CCCCc1ccc(C#Cc2ccc(OCCCCCC)cc2)cc1. The molecule has 2 rings (SSSR count). The van der Waals surface area contributed by atoms with Crippen molar-refractivity contribution in [3.8, 4) is 17.6 Å². The molecule has 0 saturated carbocycles. The first-order chi connectivity index (χ1) is 12.8. The van der Waals surface area contributed by atoms with Gasteiger partial charge in [0, 0.05) is 11.1 Å². The zero-order chi connectivity index (χ0) is 18.5. The predicted molar refractivity (Wildman–Crippen MR) is 112 cm³/mol. The van der Waals surface area contributed by atoms with E-state index in [9.17, 15) is 0 Å². The van der Waals surface area contributed by atoms with Crippen molar-refractivity contribution in [2.75, 3.05) is 6.61 Å². The highest BCUT2D eigenvalue weighted by Gasteiger charge is 1.95. The van der Waals surface area contributed by atoms with E-state index in [2.05, 4.69) is 49.6 Å². The van der Waals surface area contributed by atoms with Crippen LogP contribution < -0.4 is 4.74 Å². The smallest absolute Gasteiger partial charge is 0.119 e. The van der Waals surface area contributed by atoms with E-state index in [-0.39, 0.29) is 0 Å². The van der Waals surface area contributed by atoms with E-state index >= 15 is 0 Å². The lowest BCUT2D eigenvalue weighted by Crippen LogP contribution is -1.96. The molecule has 1 nitrogen and oxygen atoms in total. The third-order valence-corrected chi connectivity index (χ3v) is 4.30. The van der Waals surface area contributed by atoms with Crippen molar-refractivity contribution in [2.24, 2.45) is 0 Å². The maximum atomic E-state index is 5.77. The number of hydrogen-bond acceptors (Lipinski definition) is 1. The fraction of sp³-hybridized carbons (Fsp3) is 0.360. The normalized spacial score (nSPS) is 10.0. The Hall–Kier alpha value is -2.46. The number of rotatable bonds is 10. The summed E-state index contributed by atoms with van der Waals surface area (Å²) >= 11 is 0. The summed E-state index contributed by atoms with van der Waals surface area (Å²) in [5.41, 5.74) is 3.42. The third-order valence-electron chi connectivity index (χ3n) is 4.30. The van der Waals surface area contributed by atoms with Gasteiger partial charge in [0.1, 0.15) is 5.75 Å². The molecular weight excluding hydrogens is 316 g/mol. The summed E-state index contributed by atoms with van der Waals surface area (Å²) in [5.74, 6) is 7.39. The fourth-order valence-corrected chi connectivity index (χ4v) is 2.70. The number of allylic oxidation sites excluding steroid dienone is 1. The quantitative estimate of drug-likeness (QED) is 0.269. The van der Waals surface area contributed by atoms with Gasteiger partial charge in [-0.3, -0.25) is 0 Å². The summed E-state index contributed by atoms with van der Waals surface area (Å²) in [7, 11) is 0. The molecule has 0 aliphatic carbocycles. The standard InChI is InChI=1S/C25H30O/c1-3-5-7-9-21-26-25-19-17-24(18-20-25)16-15-23-13-11-22(12-14-23)10-8-6-4-2/h4,11-14,17-20H,2-3,5-10,21H2,1H3. The first kappa shape index (κ1) is 19.9. The van der Waals surface area contributed by atoms with Crippen molar-refractivity contribution >= 4 is 0 Å². The molecule has 0 unspecified atom stereocenters. The van der Waals surface area contributed by atoms with E-state index in [1.54, 1.807) is 0 Å². The molecule has 0 saturated heterocycles. The molecule has 2 aromatic rings. The number of hydrogen-bond donors (Lipinski definition) is 0. The summed E-state index contributed by atoms with van der Waals surface area (Å²) in [6.07, 6.45) is 10.2. The number of ether oxygens (including phenoxy) is 1. The number of unbranched alkanes of at least 4 members (excludes halogenated alkanes) is 4. The first-order valence-corrected chi connectivity index (χ1v) is 9.76. The van der Waals surface area contributed by atoms with Crippen LogP contribution in [-0.2, 0) is 6.42 Å². The zero-order valence-corrected chi connectivity index (χ0v) is 16.0. The van der Waals surface area contributed by atoms with Crippen LogP contribution in [-0.4, -0.2) is 6.61 Å². The van der Waals surface area contributed by atoms with Gasteiger partial charge in [-0.1, -0.05) is 56.2 Å². The Morgan fingerprint density at radius 1 is 0.846 bits per heavy atom. The highest BCUT2D eigenvalue weighted by molar-refractivity contribution is 5.44. The maximum Gasteiger partial charge on any atom is 0.119 e. The van der Waals surface area contributed by atoms with E-state index in [0.29, 0.717) is 0 Å². The number of benzene rings is 2.